The van der Waals surface area contributed by atoms with Crippen molar-refractivity contribution < 1.29 is 14.3 Å². The number of anilines is 2. The number of amides is 2. The maximum Gasteiger partial charge on any atom is 0.253 e. The van der Waals surface area contributed by atoms with Crippen LogP contribution in [-0.2, 0) is 9.53 Å². The lowest BCUT2D eigenvalue weighted by molar-refractivity contribution is -0.121. The van der Waals surface area contributed by atoms with Gasteiger partial charge < -0.3 is 19.9 Å². The van der Waals surface area contributed by atoms with Gasteiger partial charge in [-0.3, -0.25) is 9.59 Å². The summed E-state index contributed by atoms with van der Waals surface area (Å²) in [6.45, 7) is 4.07. The largest absolute Gasteiger partial charge is 0.378 e. The average molecular weight is 428 g/mol. The zero-order valence-electron chi connectivity index (χ0n) is 16.9. The Bertz CT molecular complexity index is 897. The van der Waals surface area contributed by atoms with Gasteiger partial charge in [0.1, 0.15) is 0 Å². The number of hydrogen-bond acceptors (Lipinski definition) is 4. The summed E-state index contributed by atoms with van der Waals surface area (Å²) in [4.78, 5) is 29.9. The molecule has 0 aliphatic carbocycles. The second-order valence-corrected chi connectivity index (χ2v) is 8.14. The molecule has 0 spiro atoms. The molecule has 2 aromatic rings. The fourth-order valence-corrected chi connectivity index (χ4v) is 4.17. The predicted octanol–water partition coefficient (Wildman–Crippen LogP) is 3.67. The molecule has 2 aromatic carbocycles. The minimum Gasteiger partial charge on any atom is -0.378 e. The number of nitrogens with one attached hydrogen (secondary N) is 1. The van der Waals surface area contributed by atoms with E-state index in [1.807, 2.05) is 24.3 Å². The van der Waals surface area contributed by atoms with Crippen LogP contribution in [0.3, 0.4) is 0 Å². The second-order valence-electron chi connectivity index (χ2n) is 7.70. The van der Waals surface area contributed by atoms with E-state index < -0.39 is 0 Å². The van der Waals surface area contributed by atoms with Crippen molar-refractivity contribution in [2.45, 2.75) is 12.8 Å². The van der Waals surface area contributed by atoms with Crippen molar-refractivity contribution in [3.63, 3.8) is 0 Å². The molecule has 6 nitrogen and oxygen atoms in total. The quantitative estimate of drug-likeness (QED) is 0.808. The summed E-state index contributed by atoms with van der Waals surface area (Å²) in [5.74, 6) is -0.324. The molecular formula is C23H26ClN3O3. The highest BCUT2D eigenvalue weighted by molar-refractivity contribution is 6.30. The molecule has 1 atom stereocenters. The van der Waals surface area contributed by atoms with E-state index in [1.165, 1.54) is 0 Å². The van der Waals surface area contributed by atoms with E-state index >= 15 is 0 Å². The molecule has 2 fully saturated rings. The number of benzene rings is 2. The normalized spacial score (nSPS) is 19.4. The van der Waals surface area contributed by atoms with Crippen LogP contribution in [0.15, 0.2) is 48.5 Å². The van der Waals surface area contributed by atoms with Gasteiger partial charge in [0, 0.05) is 36.8 Å². The van der Waals surface area contributed by atoms with Crippen molar-refractivity contribution in [2.24, 2.45) is 5.92 Å². The molecule has 2 saturated heterocycles. The molecule has 30 heavy (non-hydrogen) atoms. The van der Waals surface area contributed by atoms with Gasteiger partial charge in [0.2, 0.25) is 5.91 Å². The number of ether oxygens (including phenoxy) is 1. The predicted molar refractivity (Wildman–Crippen MR) is 118 cm³/mol. The first-order valence-electron chi connectivity index (χ1n) is 10.4. The Hall–Kier alpha value is -2.57. The SMILES string of the molecule is O=C(Nc1ccccc1N1CCOCC1)[C@H]1CCCN(C(=O)c2ccc(Cl)cc2)C1. The molecule has 0 aromatic heterocycles. The molecular weight excluding hydrogens is 402 g/mol. The lowest BCUT2D eigenvalue weighted by Gasteiger charge is -2.33. The number of carbonyl (C=O) groups is 2. The van der Waals surface area contributed by atoms with Crippen LogP contribution in [0.2, 0.25) is 5.02 Å². The minimum absolute atomic E-state index is 0.0377. The van der Waals surface area contributed by atoms with Gasteiger partial charge in [-0.25, -0.2) is 0 Å². The van der Waals surface area contributed by atoms with Gasteiger partial charge in [0.25, 0.3) is 5.91 Å². The van der Waals surface area contributed by atoms with E-state index in [-0.39, 0.29) is 17.7 Å². The Morgan fingerprint density at radius 2 is 1.73 bits per heavy atom. The van der Waals surface area contributed by atoms with E-state index in [9.17, 15) is 9.59 Å². The van der Waals surface area contributed by atoms with Crippen molar-refractivity contribution in [2.75, 3.05) is 49.6 Å². The smallest absolute Gasteiger partial charge is 0.253 e. The van der Waals surface area contributed by atoms with E-state index in [4.69, 9.17) is 16.3 Å². The molecule has 2 aliphatic heterocycles. The number of hydrogen-bond donors (Lipinski definition) is 1. The maximum absolute atomic E-state index is 13.0. The highest BCUT2D eigenvalue weighted by Crippen LogP contribution is 2.28. The first-order valence-corrected chi connectivity index (χ1v) is 10.8. The summed E-state index contributed by atoms with van der Waals surface area (Å²) in [5.41, 5.74) is 2.42. The Kier molecular flexibility index (Phi) is 6.55. The first kappa shape index (κ1) is 20.7. The molecule has 0 radical (unpaired) electrons. The Morgan fingerprint density at radius 1 is 1.00 bits per heavy atom. The molecule has 2 aliphatic rings. The third-order valence-corrected chi connectivity index (χ3v) is 5.94. The van der Waals surface area contributed by atoms with Crippen LogP contribution in [0, 0.1) is 5.92 Å². The summed E-state index contributed by atoms with van der Waals surface area (Å²) in [5, 5.41) is 3.71. The molecule has 4 rings (SSSR count). The number of nitrogens with zero attached hydrogens (tertiary/aromatic N) is 2. The topological polar surface area (TPSA) is 61.9 Å². The van der Waals surface area contributed by atoms with Crippen LogP contribution >= 0.6 is 11.6 Å². The third-order valence-electron chi connectivity index (χ3n) is 5.68. The lowest BCUT2D eigenvalue weighted by atomic mass is 9.96. The highest BCUT2D eigenvalue weighted by atomic mass is 35.5. The zero-order valence-corrected chi connectivity index (χ0v) is 17.6. The number of carbonyl (C=O) groups excluding carboxylic acids is 2. The summed E-state index contributed by atoms with van der Waals surface area (Å²) in [7, 11) is 0. The van der Waals surface area contributed by atoms with E-state index in [1.54, 1.807) is 29.2 Å². The zero-order chi connectivity index (χ0) is 20.9. The summed E-state index contributed by atoms with van der Waals surface area (Å²) in [6, 6.07) is 14.8. The van der Waals surface area contributed by atoms with Crippen LogP contribution in [-0.4, -0.2) is 56.1 Å². The fourth-order valence-electron chi connectivity index (χ4n) is 4.04. The molecule has 0 unspecified atom stereocenters. The minimum atomic E-state index is -0.229. The number of morpholine rings is 1. The number of likely N-dealkylation sites (tertiary alicyclic amines) is 1. The first-order chi connectivity index (χ1) is 14.6. The molecule has 2 amide bonds. The van der Waals surface area contributed by atoms with Crippen molar-refractivity contribution >= 4 is 34.8 Å². The van der Waals surface area contributed by atoms with Gasteiger partial charge in [0.05, 0.1) is 30.5 Å². The summed E-state index contributed by atoms with van der Waals surface area (Å²) >= 11 is 5.92. The molecule has 0 saturated carbocycles. The van der Waals surface area contributed by atoms with Gasteiger partial charge >= 0.3 is 0 Å². The standard InChI is InChI=1S/C23H26ClN3O3/c24-19-9-7-17(8-10-19)23(29)27-11-3-4-18(16-27)22(28)25-20-5-1-2-6-21(20)26-12-14-30-15-13-26/h1-2,5-10,18H,3-4,11-16H2,(H,25,28)/t18-/m0/s1. The van der Waals surface area contributed by atoms with Gasteiger partial charge in [-0.2, -0.15) is 0 Å². The second kappa shape index (κ2) is 9.49. The number of para-hydroxylation sites is 2. The van der Waals surface area contributed by atoms with E-state index in [0.29, 0.717) is 36.9 Å². The van der Waals surface area contributed by atoms with Crippen molar-refractivity contribution in [3.05, 3.63) is 59.1 Å². The fraction of sp³-hybridized carbons (Fsp3) is 0.391. The van der Waals surface area contributed by atoms with Crippen LogP contribution in [0.5, 0.6) is 0 Å². The van der Waals surface area contributed by atoms with Crippen molar-refractivity contribution in [1.29, 1.82) is 0 Å². The highest BCUT2D eigenvalue weighted by Gasteiger charge is 2.29. The molecule has 158 valence electrons. The Balaban J connectivity index is 1.43. The number of piperidine rings is 1. The third kappa shape index (κ3) is 4.77. The molecule has 0 bridgehead atoms. The number of rotatable bonds is 4. The van der Waals surface area contributed by atoms with Crippen LogP contribution in [0.1, 0.15) is 23.2 Å². The molecule has 7 heteroatoms. The monoisotopic (exact) mass is 427 g/mol. The van der Waals surface area contributed by atoms with Gasteiger partial charge in [0.15, 0.2) is 0 Å². The summed E-state index contributed by atoms with van der Waals surface area (Å²) in [6.07, 6.45) is 1.58. The van der Waals surface area contributed by atoms with Gasteiger partial charge in [-0.15, -0.1) is 0 Å². The average Bonchev–Trinajstić information content (AvgIpc) is 2.80. The van der Waals surface area contributed by atoms with E-state index in [2.05, 4.69) is 10.2 Å². The van der Waals surface area contributed by atoms with Gasteiger partial charge in [-0.1, -0.05) is 23.7 Å². The lowest BCUT2D eigenvalue weighted by Crippen LogP contribution is -2.44. The Morgan fingerprint density at radius 3 is 2.50 bits per heavy atom. The van der Waals surface area contributed by atoms with E-state index in [0.717, 1.165) is 37.3 Å². The van der Waals surface area contributed by atoms with Crippen molar-refractivity contribution in [1.82, 2.24) is 4.90 Å². The molecule has 1 N–H and O–H groups in total. The summed E-state index contributed by atoms with van der Waals surface area (Å²) < 4.78 is 5.44. The van der Waals surface area contributed by atoms with Crippen LogP contribution in [0.4, 0.5) is 11.4 Å². The van der Waals surface area contributed by atoms with Crippen LogP contribution < -0.4 is 10.2 Å². The van der Waals surface area contributed by atoms with Crippen LogP contribution in [0.25, 0.3) is 0 Å². The van der Waals surface area contributed by atoms with Crippen molar-refractivity contribution in [3.8, 4) is 0 Å². The number of halogens is 1. The Labute approximate surface area is 181 Å². The maximum atomic E-state index is 13.0. The van der Waals surface area contributed by atoms with Gasteiger partial charge in [-0.05, 0) is 49.2 Å². The molecule has 2 heterocycles.